The number of para-hydroxylation sites is 1. The third-order valence-corrected chi connectivity index (χ3v) is 4.79. The summed E-state index contributed by atoms with van der Waals surface area (Å²) in [4.78, 5) is 9.94. The third kappa shape index (κ3) is 4.42. The number of guanidine groups is 1. The van der Waals surface area contributed by atoms with Crippen molar-refractivity contribution in [3.05, 3.63) is 58.6 Å². The normalized spacial score (nSPS) is 11.5. The number of thiazole rings is 1. The van der Waals surface area contributed by atoms with Crippen LogP contribution in [0.15, 0.2) is 47.8 Å². The van der Waals surface area contributed by atoms with Gasteiger partial charge in [0.2, 0.25) is 0 Å². The van der Waals surface area contributed by atoms with Crippen molar-refractivity contribution >= 4 is 17.3 Å². The van der Waals surface area contributed by atoms with Crippen molar-refractivity contribution in [1.29, 1.82) is 0 Å². The monoisotopic (exact) mass is 355 g/mol. The zero-order valence-corrected chi connectivity index (χ0v) is 15.1. The Balaban J connectivity index is 1.58. The molecule has 0 unspecified atom stereocenters. The lowest BCUT2D eigenvalue weighted by Gasteiger charge is -2.11. The van der Waals surface area contributed by atoms with Crippen LogP contribution in [0.25, 0.3) is 5.69 Å². The molecule has 0 spiro atoms. The van der Waals surface area contributed by atoms with Gasteiger partial charge in [-0.15, -0.1) is 21.5 Å². The SMILES string of the molecule is CCc1cnc(CNC(=NC)NCc2nncn2-c2ccccc2)s1. The fourth-order valence-corrected chi connectivity index (χ4v) is 3.12. The molecule has 0 radical (unpaired) electrons. The number of hydrogen-bond acceptors (Lipinski definition) is 5. The molecule has 0 amide bonds. The molecular weight excluding hydrogens is 334 g/mol. The van der Waals surface area contributed by atoms with Gasteiger partial charge < -0.3 is 10.6 Å². The van der Waals surface area contributed by atoms with E-state index in [0.717, 1.165) is 22.9 Å². The summed E-state index contributed by atoms with van der Waals surface area (Å²) in [6, 6.07) is 10.0. The van der Waals surface area contributed by atoms with E-state index in [1.807, 2.05) is 41.1 Å². The van der Waals surface area contributed by atoms with Gasteiger partial charge in [-0.2, -0.15) is 0 Å². The van der Waals surface area contributed by atoms with Crippen LogP contribution in [-0.4, -0.2) is 32.8 Å². The lowest BCUT2D eigenvalue weighted by molar-refractivity contribution is 0.752. The van der Waals surface area contributed by atoms with Gasteiger partial charge >= 0.3 is 0 Å². The van der Waals surface area contributed by atoms with E-state index >= 15 is 0 Å². The first-order chi connectivity index (χ1) is 12.3. The average Bonchev–Trinajstić information content (AvgIpc) is 3.31. The molecule has 0 saturated carbocycles. The van der Waals surface area contributed by atoms with Gasteiger partial charge in [-0.1, -0.05) is 25.1 Å². The number of hydrogen-bond donors (Lipinski definition) is 2. The molecule has 0 atom stereocenters. The van der Waals surface area contributed by atoms with E-state index in [1.54, 1.807) is 24.7 Å². The molecule has 0 bridgehead atoms. The second-order valence-electron chi connectivity index (χ2n) is 5.31. The van der Waals surface area contributed by atoms with Crippen LogP contribution in [0.4, 0.5) is 0 Å². The molecule has 0 fully saturated rings. The topological polar surface area (TPSA) is 80.0 Å². The number of nitrogens with one attached hydrogen (secondary N) is 2. The van der Waals surface area contributed by atoms with Gasteiger partial charge in [0.05, 0.1) is 13.1 Å². The minimum atomic E-state index is 0.520. The van der Waals surface area contributed by atoms with Crippen molar-refractivity contribution in [2.24, 2.45) is 4.99 Å². The quantitative estimate of drug-likeness (QED) is 0.523. The van der Waals surface area contributed by atoms with Crippen molar-refractivity contribution in [2.45, 2.75) is 26.4 Å². The Morgan fingerprint density at radius 3 is 2.72 bits per heavy atom. The summed E-state index contributed by atoms with van der Waals surface area (Å²) in [6.45, 7) is 3.30. The van der Waals surface area contributed by atoms with Crippen molar-refractivity contribution in [1.82, 2.24) is 30.4 Å². The van der Waals surface area contributed by atoms with E-state index in [1.165, 1.54) is 4.88 Å². The third-order valence-electron chi connectivity index (χ3n) is 3.65. The summed E-state index contributed by atoms with van der Waals surface area (Å²) < 4.78 is 1.95. The van der Waals surface area contributed by atoms with Gasteiger partial charge in [-0.25, -0.2) is 4.98 Å². The van der Waals surface area contributed by atoms with E-state index in [9.17, 15) is 0 Å². The zero-order chi connectivity index (χ0) is 17.5. The van der Waals surface area contributed by atoms with Crippen molar-refractivity contribution in [3.8, 4) is 5.69 Å². The predicted molar refractivity (Wildman–Crippen MR) is 99.9 cm³/mol. The maximum Gasteiger partial charge on any atom is 0.191 e. The van der Waals surface area contributed by atoms with E-state index in [4.69, 9.17) is 0 Å². The fourth-order valence-electron chi connectivity index (χ4n) is 2.32. The first-order valence-electron chi connectivity index (χ1n) is 8.12. The first kappa shape index (κ1) is 17.1. The molecule has 1 aromatic carbocycles. The predicted octanol–water partition coefficient (Wildman–Crippen LogP) is 2.15. The maximum absolute atomic E-state index is 4.40. The van der Waals surface area contributed by atoms with Crippen LogP contribution in [0.1, 0.15) is 22.6 Å². The number of aryl methyl sites for hydroxylation is 1. The highest BCUT2D eigenvalue weighted by molar-refractivity contribution is 7.11. The molecule has 130 valence electrons. The number of nitrogens with zero attached hydrogens (tertiary/aromatic N) is 5. The molecule has 8 heteroatoms. The maximum atomic E-state index is 4.40. The molecule has 0 saturated heterocycles. The Morgan fingerprint density at radius 1 is 1.20 bits per heavy atom. The first-order valence-corrected chi connectivity index (χ1v) is 8.94. The molecule has 2 heterocycles. The molecule has 2 N–H and O–H groups in total. The Kier molecular flexibility index (Phi) is 5.73. The summed E-state index contributed by atoms with van der Waals surface area (Å²) in [5, 5.41) is 15.8. The van der Waals surface area contributed by atoms with Gasteiger partial charge in [-0.05, 0) is 18.6 Å². The molecule has 3 aromatic rings. The van der Waals surface area contributed by atoms with Crippen LogP contribution in [0.2, 0.25) is 0 Å². The van der Waals surface area contributed by atoms with Crippen LogP contribution in [-0.2, 0) is 19.5 Å². The van der Waals surface area contributed by atoms with Gasteiger partial charge in [0.25, 0.3) is 0 Å². The van der Waals surface area contributed by atoms with Crippen LogP contribution in [0, 0.1) is 0 Å². The molecule has 7 nitrogen and oxygen atoms in total. The van der Waals surface area contributed by atoms with Crippen LogP contribution >= 0.6 is 11.3 Å². The number of benzene rings is 1. The number of rotatable bonds is 6. The summed E-state index contributed by atoms with van der Waals surface area (Å²) >= 11 is 1.72. The van der Waals surface area contributed by atoms with Crippen molar-refractivity contribution < 1.29 is 0 Å². The molecule has 0 aliphatic heterocycles. The highest BCUT2D eigenvalue weighted by Crippen LogP contribution is 2.12. The fraction of sp³-hybridized carbons (Fsp3) is 0.294. The molecule has 0 aliphatic rings. The minimum absolute atomic E-state index is 0.520. The second-order valence-corrected chi connectivity index (χ2v) is 6.51. The summed E-state index contributed by atoms with van der Waals surface area (Å²) in [5.41, 5.74) is 1.03. The van der Waals surface area contributed by atoms with Crippen molar-refractivity contribution in [3.63, 3.8) is 0 Å². The summed E-state index contributed by atoms with van der Waals surface area (Å²) in [5.74, 6) is 1.52. The van der Waals surface area contributed by atoms with Gasteiger partial charge in [0.15, 0.2) is 11.8 Å². The Morgan fingerprint density at radius 2 is 2.00 bits per heavy atom. The van der Waals surface area contributed by atoms with Crippen LogP contribution < -0.4 is 10.6 Å². The van der Waals surface area contributed by atoms with E-state index in [2.05, 4.69) is 37.7 Å². The molecular formula is C17H21N7S. The van der Waals surface area contributed by atoms with Crippen molar-refractivity contribution in [2.75, 3.05) is 7.05 Å². The molecule has 25 heavy (non-hydrogen) atoms. The Hall–Kier alpha value is -2.74. The zero-order valence-electron chi connectivity index (χ0n) is 14.3. The number of aromatic nitrogens is 4. The Bertz CT molecular complexity index is 822. The minimum Gasteiger partial charge on any atom is -0.350 e. The van der Waals surface area contributed by atoms with E-state index in [0.29, 0.717) is 19.0 Å². The van der Waals surface area contributed by atoms with E-state index in [-0.39, 0.29) is 0 Å². The highest BCUT2D eigenvalue weighted by atomic mass is 32.1. The smallest absolute Gasteiger partial charge is 0.191 e. The van der Waals surface area contributed by atoms with E-state index < -0.39 is 0 Å². The highest BCUT2D eigenvalue weighted by Gasteiger charge is 2.08. The van der Waals surface area contributed by atoms with Gasteiger partial charge in [0, 0.05) is 23.8 Å². The molecule has 3 rings (SSSR count). The second kappa shape index (κ2) is 8.39. The lowest BCUT2D eigenvalue weighted by Crippen LogP contribution is -2.36. The average molecular weight is 355 g/mol. The molecule has 0 aliphatic carbocycles. The van der Waals surface area contributed by atoms with Gasteiger partial charge in [-0.3, -0.25) is 9.56 Å². The summed E-state index contributed by atoms with van der Waals surface area (Å²) in [6.07, 6.45) is 4.66. The Labute approximate surface area is 150 Å². The van der Waals surface area contributed by atoms with Gasteiger partial charge in [0.1, 0.15) is 11.3 Å². The largest absolute Gasteiger partial charge is 0.350 e. The molecule has 2 aromatic heterocycles. The standard InChI is InChI=1S/C17H21N7S/c1-3-14-9-19-16(25-14)11-21-17(18-2)20-10-15-23-22-12-24(15)13-7-5-4-6-8-13/h4-9,12H,3,10-11H2,1-2H3,(H2,18,20,21). The van der Waals surface area contributed by atoms with Crippen LogP contribution in [0.5, 0.6) is 0 Å². The summed E-state index contributed by atoms with van der Waals surface area (Å²) in [7, 11) is 1.75. The van der Waals surface area contributed by atoms with Crippen LogP contribution in [0.3, 0.4) is 0 Å². The lowest BCUT2D eigenvalue weighted by atomic mass is 10.3. The number of aliphatic imine (C=N–C) groups is 1.